The van der Waals surface area contributed by atoms with Crippen LogP contribution in [0.1, 0.15) is 40.2 Å². The number of fused-ring (bicyclic) bond motifs is 1. The lowest BCUT2D eigenvalue weighted by Gasteiger charge is -2.13. The molecule has 0 saturated heterocycles. The number of nitrogens with zero attached hydrogens (tertiary/aromatic N) is 1. The van der Waals surface area contributed by atoms with Crippen LogP contribution in [-0.4, -0.2) is 18.2 Å². The van der Waals surface area contributed by atoms with Crippen molar-refractivity contribution in [3.05, 3.63) is 65.5 Å². The number of benzene rings is 1. The molecule has 0 atom stereocenters. The maximum absolute atomic E-state index is 13.1. The smallest absolute Gasteiger partial charge is 0.268 e. The summed E-state index contributed by atoms with van der Waals surface area (Å²) in [5.74, 6) is -0.0967. The van der Waals surface area contributed by atoms with Crippen molar-refractivity contribution >= 4 is 15.8 Å². The standard InChI is InChI=1S/C18H19NO3S/c1-3-4-5-15-12-14-8-11-17(20)18(14)19(15)23(21,22)16-9-6-13(2)7-10-16/h3,6-7,9-10,12H,1,4-5,8,11H2,2H3. The van der Waals surface area contributed by atoms with Crippen LogP contribution >= 0.6 is 0 Å². The van der Waals surface area contributed by atoms with E-state index in [9.17, 15) is 13.2 Å². The molecule has 3 rings (SSSR count). The number of aromatic nitrogens is 1. The molecule has 120 valence electrons. The molecule has 1 heterocycles. The first kappa shape index (κ1) is 15.7. The number of ketones is 1. The SMILES string of the molecule is C=CCCc1cc2c(n1S(=O)(=O)c1ccc(C)cc1)C(=O)CC2. The summed E-state index contributed by atoms with van der Waals surface area (Å²) in [4.78, 5) is 12.4. The van der Waals surface area contributed by atoms with Gasteiger partial charge in [0.15, 0.2) is 5.78 Å². The second-order valence-corrected chi connectivity index (χ2v) is 7.63. The predicted octanol–water partition coefficient (Wildman–Crippen LogP) is 3.28. The number of hydrogen-bond acceptors (Lipinski definition) is 3. The molecule has 1 aromatic heterocycles. The van der Waals surface area contributed by atoms with Gasteiger partial charge >= 0.3 is 0 Å². The van der Waals surface area contributed by atoms with Crippen LogP contribution in [0.25, 0.3) is 0 Å². The predicted molar refractivity (Wildman–Crippen MR) is 89.4 cm³/mol. The van der Waals surface area contributed by atoms with Gasteiger partial charge in [0.25, 0.3) is 10.0 Å². The highest BCUT2D eigenvalue weighted by atomic mass is 32.2. The van der Waals surface area contributed by atoms with E-state index in [1.165, 1.54) is 3.97 Å². The summed E-state index contributed by atoms with van der Waals surface area (Å²) in [6.45, 7) is 5.59. The summed E-state index contributed by atoms with van der Waals surface area (Å²) in [7, 11) is -3.77. The maximum atomic E-state index is 13.1. The van der Waals surface area contributed by atoms with Gasteiger partial charge in [-0.1, -0.05) is 23.8 Å². The number of hydrogen-bond donors (Lipinski definition) is 0. The number of carbonyl (C=O) groups is 1. The summed E-state index contributed by atoms with van der Waals surface area (Å²) in [6, 6.07) is 8.57. The molecule has 23 heavy (non-hydrogen) atoms. The summed E-state index contributed by atoms with van der Waals surface area (Å²) in [6.07, 6.45) is 3.97. The van der Waals surface area contributed by atoms with Gasteiger partial charge in [-0.3, -0.25) is 4.79 Å². The first-order valence-corrected chi connectivity index (χ1v) is 9.09. The molecular weight excluding hydrogens is 310 g/mol. The minimum Gasteiger partial charge on any atom is -0.292 e. The van der Waals surface area contributed by atoms with Gasteiger partial charge in [0.05, 0.1) is 4.90 Å². The Morgan fingerprint density at radius 3 is 2.57 bits per heavy atom. The van der Waals surface area contributed by atoms with E-state index in [-0.39, 0.29) is 10.7 Å². The molecule has 5 heteroatoms. The molecular formula is C18H19NO3S. The summed E-state index contributed by atoms with van der Waals surface area (Å²) >= 11 is 0. The average molecular weight is 329 g/mol. The fourth-order valence-electron chi connectivity index (χ4n) is 2.97. The Bertz CT molecular complexity index is 874. The Morgan fingerprint density at radius 2 is 1.91 bits per heavy atom. The zero-order valence-electron chi connectivity index (χ0n) is 13.1. The van der Waals surface area contributed by atoms with Crippen molar-refractivity contribution in [3.8, 4) is 0 Å². The highest BCUT2D eigenvalue weighted by Gasteiger charge is 2.32. The Hall–Kier alpha value is -2.14. The van der Waals surface area contributed by atoms with Crippen LogP contribution in [0.15, 0.2) is 47.9 Å². The zero-order valence-corrected chi connectivity index (χ0v) is 13.9. The molecule has 0 bridgehead atoms. The van der Waals surface area contributed by atoms with Crippen molar-refractivity contribution in [1.29, 1.82) is 0 Å². The zero-order chi connectivity index (χ0) is 16.6. The van der Waals surface area contributed by atoms with Gasteiger partial charge in [0, 0.05) is 12.1 Å². The fourth-order valence-corrected chi connectivity index (χ4v) is 4.57. The Balaban J connectivity index is 2.19. The van der Waals surface area contributed by atoms with Crippen LogP contribution in [0.4, 0.5) is 0 Å². The maximum Gasteiger partial charge on any atom is 0.268 e. The third kappa shape index (κ3) is 2.65. The molecule has 0 radical (unpaired) electrons. The van der Waals surface area contributed by atoms with Gasteiger partial charge < -0.3 is 0 Å². The first-order valence-electron chi connectivity index (χ1n) is 7.65. The van der Waals surface area contributed by atoms with Gasteiger partial charge in [-0.2, -0.15) is 0 Å². The van der Waals surface area contributed by atoms with Crippen LogP contribution in [-0.2, 0) is 22.9 Å². The molecule has 0 fully saturated rings. The van der Waals surface area contributed by atoms with Gasteiger partial charge in [-0.15, -0.1) is 6.58 Å². The van der Waals surface area contributed by atoms with E-state index in [1.54, 1.807) is 30.3 Å². The van der Waals surface area contributed by atoms with Crippen molar-refractivity contribution in [2.75, 3.05) is 0 Å². The molecule has 1 aliphatic carbocycles. The minimum absolute atomic E-state index is 0.0967. The van der Waals surface area contributed by atoms with Crippen molar-refractivity contribution in [1.82, 2.24) is 3.97 Å². The summed E-state index contributed by atoms with van der Waals surface area (Å²) in [5, 5.41) is 0. The third-order valence-corrected chi connectivity index (χ3v) is 5.92. The lowest BCUT2D eigenvalue weighted by atomic mass is 10.2. The van der Waals surface area contributed by atoms with Crippen LogP contribution in [0.3, 0.4) is 0 Å². The van der Waals surface area contributed by atoms with E-state index >= 15 is 0 Å². The summed E-state index contributed by atoms with van der Waals surface area (Å²) in [5.41, 5.74) is 2.82. The van der Waals surface area contributed by atoms with Crippen molar-refractivity contribution in [2.45, 2.75) is 37.5 Å². The number of rotatable bonds is 5. The number of carbonyl (C=O) groups excluding carboxylic acids is 1. The largest absolute Gasteiger partial charge is 0.292 e. The van der Waals surface area contributed by atoms with Gasteiger partial charge in [-0.25, -0.2) is 12.4 Å². The molecule has 0 saturated carbocycles. The Morgan fingerprint density at radius 1 is 1.22 bits per heavy atom. The lowest BCUT2D eigenvalue weighted by molar-refractivity contribution is 0.0989. The summed E-state index contributed by atoms with van der Waals surface area (Å²) < 4.78 is 27.4. The van der Waals surface area contributed by atoms with E-state index < -0.39 is 10.0 Å². The third-order valence-electron chi connectivity index (χ3n) is 4.16. The second-order valence-electron chi connectivity index (χ2n) is 5.84. The average Bonchev–Trinajstić information content (AvgIpc) is 3.05. The topological polar surface area (TPSA) is 56.1 Å². The molecule has 0 spiro atoms. The number of allylic oxidation sites excluding steroid dienone is 1. The van der Waals surface area contributed by atoms with E-state index in [2.05, 4.69) is 6.58 Å². The number of Topliss-reactive ketones (excluding diaryl/α,β-unsaturated/α-hetero) is 1. The van der Waals surface area contributed by atoms with Crippen molar-refractivity contribution in [2.24, 2.45) is 0 Å². The quantitative estimate of drug-likeness (QED) is 0.791. The molecule has 0 unspecified atom stereocenters. The molecule has 0 aliphatic heterocycles. The van der Waals surface area contributed by atoms with Crippen molar-refractivity contribution in [3.63, 3.8) is 0 Å². The molecule has 0 amide bonds. The monoisotopic (exact) mass is 329 g/mol. The second kappa shape index (κ2) is 5.81. The Labute approximate surface area is 136 Å². The molecule has 2 aromatic rings. The van der Waals surface area contributed by atoms with Gasteiger partial charge in [0.1, 0.15) is 5.69 Å². The van der Waals surface area contributed by atoms with Gasteiger partial charge in [0.2, 0.25) is 0 Å². The fraction of sp³-hybridized carbons (Fsp3) is 0.278. The number of aryl methyl sites for hydroxylation is 3. The highest BCUT2D eigenvalue weighted by Crippen LogP contribution is 2.30. The minimum atomic E-state index is -3.77. The van der Waals surface area contributed by atoms with Crippen LogP contribution < -0.4 is 0 Å². The lowest BCUT2D eigenvalue weighted by Crippen LogP contribution is -2.20. The molecule has 1 aliphatic rings. The van der Waals surface area contributed by atoms with Crippen LogP contribution in [0.2, 0.25) is 0 Å². The molecule has 1 aromatic carbocycles. The van der Waals surface area contributed by atoms with E-state index in [1.807, 2.05) is 13.0 Å². The van der Waals surface area contributed by atoms with E-state index in [4.69, 9.17) is 0 Å². The highest BCUT2D eigenvalue weighted by molar-refractivity contribution is 7.90. The van der Waals surface area contributed by atoms with Crippen LogP contribution in [0, 0.1) is 6.92 Å². The Kier molecular flexibility index (Phi) is 3.98. The van der Waals surface area contributed by atoms with Gasteiger partial charge in [-0.05, 0) is 49.9 Å². The normalized spacial score (nSPS) is 14.0. The first-order chi connectivity index (χ1) is 10.9. The van der Waals surface area contributed by atoms with E-state index in [0.717, 1.165) is 11.1 Å². The molecule has 4 nitrogen and oxygen atoms in total. The van der Waals surface area contributed by atoms with Crippen LogP contribution in [0.5, 0.6) is 0 Å². The van der Waals surface area contributed by atoms with E-state index in [0.29, 0.717) is 37.1 Å². The van der Waals surface area contributed by atoms with Crippen molar-refractivity contribution < 1.29 is 13.2 Å². The molecule has 0 N–H and O–H groups in total.